The number of benzene rings is 2. The average molecular weight is 390 g/mol. The van der Waals surface area contributed by atoms with E-state index >= 15 is 0 Å². The van der Waals surface area contributed by atoms with E-state index in [9.17, 15) is 18.0 Å². The molecule has 0 aromatic heterocycles. The molecular formula is C22H25F3N2O. The highest BCUT2D eigenvalue weighted by molar-refractivity contribution is 5.96. The number of amides is 1. The normalized spacial score (nSPS) is 17.3. The van der Waals surface area contributed by atoms with Gasteiger partial charge in [-0.3, -0.25) is 4.79 Å². The van der Waals surface area contributed by atoms with Crippen LogP contribution >= 0.6 is 0 Å². The molecule has 1 aliphatic carbocycles. The summed E-state index contributed by atoms with van der Waals surface area (Å²) in [7, 11) is 1.88. The summed E-state index contributed by atoms with van der Waals surface area (Å²) in [6, 6.07) is 13.0. The summed E-state index contributed by atoms with van der Waals surface area (Å²) >= 11 is 0. The first-order valence-corrected chi connectivity index (χ1v) is 9.50. The Hall–Kier alpha value is -2.34. The molecule has 28 heavy (non-hydrogen) atoms. The zero-order chi connectivity index (χ0) is 20.4. The predicted octanol–water partition coefficient (Wildman–Crippen LogP) is 5.02. The van der Waals surface area contributed by atoms with Gasteiger partial charge in [-0.2, -0.15) is 13.2 Å². The van der Waals surface area contributed by atoms with Crippen molar-refractivity contribution in [3.63, 3.8) is 0 Å². The van der Waals surface area contributed by atoms with Gasteiger partial charge in [-0.05, 0) is 50.1 Å². The first-order chi connectivity index (χ1) is 13.3. The lowest BCUT2D eigenvalue weighted by Gasteiger charge is -2.38. The van der Waals surface area contributed by atoms with Gasteiger partial charge < -0.3 is 10.6 Å². The van der Waals surface area contributed by atoms with Crippen molar-refractivity contribution >= 4 is 5.91 Å². The molecule has 1 aliphatic rings. The van der Waals surface area contributed by atoms with Gasteiger partial charge in [-0.1, -0.05) is 49.2 Å². The van der Waals surface area contributed by atoms with E-state index < -0.39 is 17.6 Å². The molecule has 0 bridgehead atoms. The zero-order valence-electron chi connectivity index (χ0n) is 16.1. The Bertz CT molecular complexity index is 827. The molecule has 0 aliphatic heterocycles. The van der Waals surface area contributed by atoms with Crippen LogP contribution < -0.4 is 10.6 Å². The minimum atomic E-state index is -4.49. The van der Waals surface area contributed by atoms with Gasteiger partial charge in [-0.15, -0.1) is 0 Å². The van der Waals surface area contributed by atoms with Crippen LogP contribution in [0.3, 0.4) is 0 Å². The summed E-state index contributed by atoms with van der Waals surface area (Å²) < 4.78 is 39.7. The topological polar surface area (TPSA) is 41.1 Å². The molecule has 2 aromatic carbocycles. The van der Waals surface area contributed by atoms with Crippen LogP contribution in [0.1, 0.15) is 58.8 Å². The van der Waals surface area contributed by atoms with Crippen molar-refractivity contribution in [2.24, 2.45) is 0 Å². The second-order valence-corrected chi connectivity index (χ2v) is 7.41. The molecule has 1 fully saturated rings. The molecule has 3 nitrogen and oxygen atoms in total. The Balaban J connectivity index is 1.97. The van der Waals surface area contributed by atoms with Crippen LogP contribution in [0.2, 0.25) is 0 Å². The van der Waals surface area contributed by atoms with Gasteiger partial charge >= 0.3 is 6.18 Å². The fourth-order valence-electron chi connectivity index (χ4n) is 4.27. The molecule has 0 spiro atoms. The number of nitrogens with one attached hydrogen (secondary N) is 2. The van der Waals surface area contributed by atoms with E-state index in [1.54, 1.807) is 0 Å². The molecule has 1 amide bonds. The van der Waals surface area contributed by atoms with Gasteiger partial charge in [-0.25, -0.2) is 0 Å². The number of carbonyl (C=O) groups excluding carboxylic acids is 1. The van der Waals surface area contributed by atoms with Gasteiger partial charge in [0.1, 0.15) is 0 Å². The molecule has 0 radical (unpaired) electrons. The molecule has 2 aromatic rings. The van der Waals surface area contributed by atoms with E-state index in [1.165, 1.54) is 19.1 Å². The van der Waals surface area contributed by atoms with Crippen LogP contribution in [0.25, 0.3) is 0 Å². The van der Waals surface area contributed by atoms with Crippen LogP contribution in [0, 0.1) is 6.92 Å². The molecule has 0 heterocycles. The Morgan fingerprint density at radius 2 is 1.68 bits per heavy atom. The monoisotopic (exact) mass is 390 g/mol. The van der Waals surface area contributed by atoms with E-state index in [4.69, 9.17) is 0 Å². The molecule has 3 rings (SSSR count). The number of likely N-dealkylation sites (N-methyl/N-ethyl adjacent to an activating group) is 1. The van der Waals surface area contributed by atoms with Crippen LogP contribution in [0.15, 0.2) is 48.5 Å². The minimum absolute atomic E-state index is 0.0516. The quantitative estimate of drug-likeness (QED) is 0.753. The molecular weight excluding hydrogens is 365 g/mol. The van der Waals surface area contributed by atoms with Crippen molar-refractivity contribution in [2.75, 3.05) is 7.05 Å². The number of hydrogen-bond acceptors (Lipinski definition) is 2. The maximum absolute atomic E-state index is 13.2. The lowest BCUT2D eigenvalue weighted by atomic mass is 9.83. The summed E-state index contributed by atoms with van der Waals surface area (Å²) in [6.07, 6.45) is -0.613. The molecule has 1 unspecified atom stereocenters. The Kier molecular flexibility index (Phi) is 5.79. The van der Waals surface area contributed by atoms with E-state index in [2.05, 4.69) is 10.6 Å². The number of halogens is 3. The largest absolute Gasteiger partial charge is 0.416 e. The Morgan fingerprint density at radius 1 is 1.04 bits per heavy atom. The number of carbonyl (C=O) groups is 1. The molecule has 0 saturated heterocycles. The number of rotatable bonds is 5. The summed E-state index contributed by atoms with van der Waals surface area (Å²) in [6.45, 7) is 1.35. The first-order valence-electron chi connectivity index (χ1n) is 9.50. The predicted molar refractivity (Wildman–Crippen MR) is 103 cm³/mol. The third-order valence-electron chi connectivity index (χ3n) is 5.84. The van der Waals surface area contributed by atoms with Crippen LogP contribution in [0.4, 0.5) is 13.2 Å². The standard InChI is InChI=1S/C22H25F3N2O/c1-15-17(11-8-12-18(15)22(23,24)25)20(28)27-19(16-9-4-3-5-10-16)21(26-2)13-6-7-14-21/h3-5,8-12,19,26H,6-7,13-14H2,1-2H3,(H,27,28). The number of alkyl halides is 3. The SMILES string of the molecule is CNC1(C(NC(=O)c2cccc(C(F)(F)F)c2C)c2ccccc2)CCCC1. The Labute approximate surface area is 163 Å². The minimum Gasteiger partial charge on any atom is -0.343 e. The van der Waals surface area contributed by atoms with Gasteiger partial charge in [0.2, 0.25) is 0 Å². The van der Waals surface area contributed by atoms with Crippen LogP contribution in [0.5, 0.6) is 0 Å². The van der Waals surface area contributed by atoms with E-state index in [0.29, 0.717) is 0 Å². The fourth-order valence-corrected chi connectivity index (χ4v) is 4.27. The second kappa shape index (κ2) is 7.95. The molecule has 2 N–H and O–H groups in total. The highest BCUT2D eigenvalue weighted by Crippen LogP contribution is 2.40. The van der Waals surface area contributed by atoms with Crippen molar-refractivity contribution in [3.05, 3.63) is 70.8 Å². The van der Waals surface area contributed by atoms with Crippen molar-refractivity contribution in [3.8, 4) is 0 Å². The smallest absolute Gasteiger partial charge is 0.343 e. The van der Waals surface area contributed by atoms with Crippen LogP contribution in [-0.4, -0.2) is 18.5 Å². The van der Waals surface area contributed by atoms with Crippen molar-refractivity contribution in [1.29, 1.82) is 0 Å². The van der Waals surface area contributed by atoms with E-state index in [-0.39, 0.29) is 22.7 Å². The fraction of sp³-hybridized carbons (Fsp3) is 0.409. The lowest BCUT2D eigenvalue weighted by molar-refractivity contribution is -0.138. The number of hydrogen-bond donors (Lipinski definition) is 2. The maximum atomic E-state index is 13.2. The molecule has 1 atom stereocenters. The molecule has 1 saturated carbocycles. The molecule has 150 valence electrons. The van der Waals surface area contributed by atoms with E-state index in [0.717, 1.165) is 37.3 Å². The first kappa shape index (κ1) is 20.4. The Morgan fingerprint density at radius 3 is 2.25 bits per heavy atom. The third kappa shape index (κ3) is 3.92. The van der Waals surface area contributed by atoms with E-state index in [1.807, 2.05) is 37.4 Å². The van der Waals surface area contributed by atoms with Gasteiger partial charge in [0.05, 0.1) is 11.6 Å². The summed E-state index contributed by atoms with van der Waals surface area (Å²) in [5.41, 5.74) is -0.145. The van der Waals surface area contributed by atoms with Crippen molar-refractivity contribution < 1.29 is 18.0 Å². The summed E-state index contributed by atoms with van der Waals surface area (Å²) in [5, 5.41) is 6.42. The molecule has 6 heteroatoms. The van der Waals surface area contributed by atoms with Crippen molar-refractivity contribution in [1.82, 2.24) is 10.6 Å². The zero-order valence-corrected chi connectivity index (χ0v) is 16.1. The van der Waals surface area contributed by atoms with Crippen molar-refractivity contribution in [2.45, 2.75) is 50.4 Å². The lowest BCUT2D eigenvalue weighted by Crippen LogP contribution is -2.52. The highest BCUT2D eigenvalue weighted by Gasteiger charge is 2.42. The van der Waals surface area contributed by atoms with Gasteiger partial charge in [0.25, 0.3) is 5.91 Å². The summed E-state index contributed by atoms with van der Waals surface area (Å²) in [4.78, 5) is 13.0. The van der Waals surface area contributed by atoms with Crippen LogP contribution in [-0.2, 0) is 6.18 Å². The third-order valence-corrected chi connectivity index (χ3v) is 5.84. The summed E-state index contributed by atoms with van der Waals surface area (Å²) in [5.74, 6) is -0.487. The van der Waals surface area contributed by atoms with Gasteiger partial charge in [0.15, 0.2) is 0 Å². The highest BCUT2D eigenvalue weighted by atomic mass is 19.4. The van der Waals surface area contributed by atoms with Gasteiger partial charge in [0, 0.05) is 11.1 Å². The average Bonchev–Trinajstić information content (AvgIpc) is 3.16. The second-order valence-electron chi connectivity index (χ2n) is 7.41. The maximum Gasteiger partial charge on any atom is 0.416 e.